The van der Waals surface area contributed by atoms with Crippen molar-refractivity contribution >= 4 is 76.2 Å². The highest BCUT2D eigenvalue weighted by atomic mass is 14.9. The zero-order valence-corrected chi connectivity index (χ0v) is 26.9. The highest BCUT2D eigenvalue weighted by Gasteiger charge is 2.29. The lowest BCUT2D eigenvalue weighted by Gasteiger charge is -2.23. The lowest BCUT2D eigenvalue weighted by atomic mass is 9.80. The van der Waals surface area contributed by atoms with Crippen LogP contribution in [0.2, 0.25) is 0 Å². The Hall–Kier alpha value is -6.64. The minimum absolute atomic E-state index is 1.27. The summed E-state index contributed by atoms with van der Waals surface area (Å²) in [5, 5.41) is 10.5. The van der Waals surface area contributed by atoms with Crippen LogP contribution < -0.4 is 0 Å². The number of aromatic nitrogens is 2. The van der Waals surface area contributed by atoms with Crippen LogP contribution in [0.1, 0.15) is 0 Å². The van der Waals surface area contributed by atoms with Gasteiger partial charge in [0.2, 0.25) is 0 Å². The number of hydrogen-bond donors (Lipinski definition) is 0. The molecule has 228 valence electrons. The zero-order chi connectivity index (χ0) is 32.2. The summed E-state index contributed by atoms with van der Waals surface area (Å²) >= 11 is 0. The van der Waals surface area contributed by atoms with Crippen LogP contribution in [-0.4, -0.2) is 8.80 Å². The van der Waals surface area contributed by atoms with Gasteiger partial charge in [-0.05, 0) is 57.1 Å². The van der Waals surface area contributed by atoms with Crippen molar-refractivity contribution in [1.29, 1.82) is 0 Å². The minimum Gasteiger partial charge on any atom is -0.308 e. The van der Waals surface area contributed by atoms with Gasteiger partial charge >= 0.3 is 0 Å². The van der Waals surface area contributed by atoms with Crippen molar-refractivity contribution in [2.24, 2.45) is 0 Å². The van der Waals surface area contributed by atoms with Crippen LogP contribution in [0.25, 0.3) is 121 Å². The van der Waals surface area contributed by atoms with E-state index in [1.807, 2.05) is 0 Å². The molecular weight excluding hydrogens is 605 g/mol. The molecule has 0 radical (unpaired) electrons. The van der Waals surface area contributed by atoms with E-state index in [0.29, 0.717) is 0 Å². The average Bonchev–Trinajstić information content (AvgIpc) is 3.90. The van der Waals surface area contributed by atoms with Gasteiger partial charge in [-0.15, -0.1) is 0 Å². The monoisotopic (exact) mass is 630 g/mol. The van der Waals surface area contributed by atoms with Crippen molar-refractivity contribution < 1.29 is 0 Å². The van der Waals surface area contributed by atoms with Crippen LogP contribution in [0, 0.1) is 0 Å². The smallest absolute Gasteiger partial charge is 0.0628 e. The first-order valence-electron chi connectivity index (χ1n) is 17.5. The standard InChI is InChI=1S/C48H26N2/c1-2-13-28-27(12-1)29-14-3-4-16-31(29)34-24-25-36-35-20-11-21-38-44-42(50(46(35)38)47(36)43(34)33-18-6-5-15-30(28)33)26-39-32-17-7-9-22-40(32)49-41-23-10-8-19-37(41)45(44)48(39)49/h1-26H. The molecule has 0 saturated carbocycles. The van der Waals surface area contributed by atoms with Crippen molar-refractivity contribution in [2.45, 2.75) is 0 Å². The molecule has 4 aromatic heterocycles. The molecule has 2 heteroatoms. The molecule has 0 N–H and O–H groups in total. The number of para-hydroxylation sites is 3. The van der Waals surface area contributed by atoms with E-state index in [1.165, 1.54) is 121 Å². The van der Waals surface area contributed by atoms with E-state index in [1.54, 1.807) is 0 Å². The van der Waals surface area contributed by atoms with Crippen molar-refractivity contribution in [3.8, 4) is 44.5 Å². The first-order valence-corrected chi connectivity index (χ1v) is 17.5. The Morgan fingerprint density at radius 3 is 1.50 bits per heavy atom. The molecule has 4 heterocycles. The number of nitrogens with zero attached hydrogens (tertiary/aromatic N) is 2. The molecule has 8 aromatic carbocycles. The van der Waals surface area contributed by atoms with E-state index < -0.39 is 0 Å². The van der Waals surface area contributed by atoms with Crippen molar-refractivity contribution in [3.05, 3.63) is 158 Å². The van der Waals surface area contributed by atoms with Crippen molar-refractivity contribution in [1.82, 2.24) is 8.80 Å². The summed E-state index contributed by atoms with van der Waals surface area (Å²) in [6, 6.07) is 59.0. The lowest BCUT2D eigenvalue weighted by molar-refractivity contribution is 1.36. The van der Waals surface area contributed by atoms with Gasteiger partial charge in [0.1, 0.15) is 0 Å². The Morgan fingerprint density at radius 1 is 0.260 bits per heavy atom. The highest BCUT2D eigenvalue weighted by molar-refractivity contribution is 6.38. The Balaban J connectivity index is 1.33. The lowest BCUT2D eigenvalue weighted by Crippen LogP contribution is -1.98. The molecule has 0 aliphatic heterocycles. The molecule has 13 rings (SSSR count). The Kier molecular flexibility index (Phi) is 4.41. The zero-order valence-electron chi connectivity index (χ0n) is 26.9. The molecule has 1 aliphatic rings. The second-order valence-corrected chi connectivity index (χ2v) is 14.0. The van der Waals surface area contributed by atoms with Gasteiger partial charge in [0.25, 0.3) is 0 Å². The van der Waals surface area contributed by atoms with Crippen LogP contribution in [0.15, 0.2) is 158 Å². The third-order valence-corrected chi connectivity index (χ3v) is 11.7. The maximum absolute atomic E-state index is 2.63. The Bertz CT molecular complexity index is 3420. The second kappa shape index (κ2) is 8.68. The molecule has 0 atom stereocenters. The molecule has 0 spiro atoms. The molecule has 1 aliphatic carbocycles. The molecule has 0 bridgehead atoms. The summed E-state index contributed by atoms with van der Waals surface area (Å²) < 4.78 is 5.13. The van der Waals surface area contributed by atoms with E-state index in [9.17, 15) is 0 Å². The predicted octanol–water partition coefficient (Wildman–Crippen LogP) is 13.0. The van der Waals surface area contributed by atoms with Crippen LogP contribution >= 0.6 is 0 Å². The van der Waals surface area contributed by atoms with E-state index in [4.69, 9.17) is 0 Å². The maximum atomic E-state index is 2.63. The van der Waals surface area contributed by atoms with Crippen molar-refractivity contribution in [2.75, 3.05) is 0 Å². The Labute approximate surface area is 286 Å². The van der Waals surface area contributed by atoms with E-state index in [-0.39, 0.29) is 0 Å². The summed E-state index contributed by atoms with van der Waals surface area (Å²) in [6.45, 7) is 0. The van der Waals surface area contributed by atoms with Gasteiger partial charge in [-0.25, -0.2) is 0 Å². The molecule has 12 aromatic rings. The van der Waals surface area contributed by atoms with Crippen LogP contribution in [0.4, 0.5) is 0 Å². The molecule has 0 amide bonds. The predicted molar refractivity (Wildman–Crippen MR) is 211 cm³/mol. The SMILES string of the molecule is c1ccc2c(c1)-c1ccccc1-c1ccc3c4cccc5c6c7c8ccccc8n8c9ccccc9c(cc6n(c3c1-c1ccccc1-2)c45)c78. The molecule has 50 heavy (non-hydrogen) atoms. The summed E-state index contributed by atoms with van der Waals surface area (Å²) in [5.41, 5.74) is 17.9. The second-order valence-electron chi connectivity index (χ2n) is 14.0. The minimum atomic E-state index is 1.27. The van der Waals surface area contributed by atoms with E-state index in [0.717, 1.165) is 0 Å². The highest BCUT2D eigenvalue weighted by Crippen LogP contribution is 2.53. The molecule has 0 unspecified atom stereocenters. The van der Waals surface area contributed by atoms with Crippen molar-refractivity contribution in [3.63, 3.8) is 0 Å². The maximum Gasteiger partial charge on any atom is 0.0628 e. The van der Waals surface area contributed by atoms with Crippen LogP contribution in [-0.2, 0) is 0 Å². The number of rotatable bonds is 0. The fraction of sp³-hybridized carbons (Fsp3) is 0. The number of benzene rings is 8. The van der Waals surface area contributed by atoms with Gasteiger partial charge in [-0.3, -0.25) is 0 Å². The van der Waals surface area contributed by atoms with Crippen LogP contribution in [0.5, 0.6) is 0 Å². The molecule has 0 fully saturated rings. The largest absolute Gasteiger partial charge is 0.308 e. The van der Waals surface area contributed by atoms with Gasteiger partial charge in [-0.2, -0.15) is 0 Å². The summed E-state index contributed by atoms with van der Waals surface area (Å²) in [6.07, 6.45) is 0. The fourth-order valence-electron chi connectivity index (χ4n) is 9.89. The van der Waals surface area contributed by atoms with Gasteiger partial charge in [0.05, 0.1) is 33.1 Å². The average molecular weight is 631 g/mol. The molecule has 0 saturated heterocycles. The third-order valence-electron chi connectivity index (χ3n) is 11.7. The summed E-state index contributed by atoms with van der Waals surface area (Å²) in [5.74, 6) is 0. The van der Waals surface area contributed by atoms with E-state index >= 15 is 0 Å². The van der Waals surface area contributed by atoms with Gasteiger partial charge in [0.15, 0.2) is 0 Å². The van der Waals surface area contributed by atoms with Gasteiger partial charge in [0, 0.05) is 48.7 Å². The number of fused-ring (bicyclic) bond motifs is 22. The summed E-state index contributed by atoms with van der Waals surface area (Å²) in [4.78, 5) is 0. The van der Waals surface area contributed by atoms with Crippen LogP contribution in [0.3, 0.4) is 0 Å². The first kappa shape index (κ1) is 25.4. The fourth-order valence-corrected chi connectivity index (χ4v) is 9.89. The van der Waals surface area contributed by atoms with E-state index in [2.05, 4.69) is 167 Å². The normalized spacial score (nSPS) is 12.8. The topological polar surface area (TPSA) is 8.82 Å². The molecular formula is C48H26N2. The number of hydrogen-bond acceptors (Lipinski definition) is 0. The summed E-state index contributed by atoms with van der Waals surface area (Å²) in [7, 11) is 0. The molecule has 2 nitrogen and oxygen atoms in total. The third kappa shape index (κ3) is 2.79. The quantitative estimate of drug-likeness (QED) is 0.158. The van der Waals surface area contributed by atoms with Gasteiger partial charge < -0.3 is 8.80 Å². The first-order chi connectivity index (χ1) is 24.9. The van der Waals surface area contributed by atoms with Gasteiger partial charge in [-0.1, -0.05) is 140 Å². The Morgan fingerprint density at radius 2 is 0.780 bits per heavy atom.